The number of hydrogen-bond acceptors (Lipinski definition) is 7. The molecule has 0 spiro atoms. The number of imide groups is 1. The van der Waals surface area contributed by atoms with Crippen molar-refractivity contribution >= 4 is 34.6 Å². The summed E-state index contributed by atoms with van der Waals surface area (Å²) in [5, 5.41) is 0. The van der Waals surface area contributed by atoms with Gasteiger partial charge in [0.1, 0.15) is 17.4 Å². The number of fused-ring (bicyclic) bond motifs is 1. The van der Waals surface area contributed by atoms with Gasteiger partial charge < -0.3 is 19.3 Å². The molecule has 224 valence electrons. The number of ether oxygens (including phenoxy) is 2. The number of aryl methyl sites for hydroxylation is 1. The number of likely N-dealkylation sites (tertiary alicyclic amines) is 1. The van der Waals surface area contributed by atoms with Crippen molar-refractivity contribution < 1.29 is 23.9 Å². The molecule has 1 unspecified atom stereocenters. The van der Waals surface area contributed by atoms with E-state index in [0.717, 1.165) is 11.3 Å². The molecule has 11 nitrogen and oxygen atoms in total. The van der Waals surface area contributed by atoms with Crippen LogP contribution < -0.4 is 15.3 Å². The summed E-state index contributed by atoms with van der Waals surface area (Å²) < 4.78 is 13.9. The fourth-order valence-electron chi connectivity index (χ4n) is 5.88. The van der Waals surface area contributed by atoms with Crippen LogP contribution in [0.3, 0.4) is 0 Å². The van der Waals surface area contributed by atoms with E-state index in [-0.39, 0.29) is 49.0 Å². The Hall–Kier alpha value is -4.28. The molecule has 1 aromatic heterocycles. The first-order valence-corrected chi connectivity index (χ1v) is 14.3. The van der Waals surface area contributed by atoms with Gasteiger partial charge in [0, 0.05) is 39.1 Å². The summed E-state index contributed by atoms with van der Waals surface area (Å²) in [5.74, 6) is 0.0474. The van der Waals surface area contributed by atoms with Crippen LogP contribution in [0, 0.1) is 0 Å². The number of para-hydroxylation sites is 1. The van der Waals surface area contributed by atoms with Crippen LogP contribution in [0.15, 0.2) is 47.3 Å². The number of methoxy groups -OCH3 is 1. The Morgan fingerprint density at radius 1 is 1.02 bits per heavy atom. The Kier molecular flexibility index (Phi) is 7.78. The molecule has 0 saturated carbocycles. The molecule has 2 fully saturated rings. The molecule has 5 rings (SSSR count). The molecule has 11 heteroatoms. The number of amides is 3. The number of anilines is 1. The molecule has 0 bridgehead atoms. The second-order valence-corrected chi connectivity index (χ2v) is 12.0. The monoisotopic (exact) mass is 577 g/mol. The first kappa shape index (κ1) is 29.2. The minimum atomic E-state index is -0.796. The highest BCUT2D eigenvalue weighted by Crippen LogP contribution is 2.33. The van der Waals surface area contributed by atoms with Gasteiger partial charge in [-0.3, -0.25) is 23.6 Å². The highest BCUT2D eigenvalue weighted by atomic mass is 16.6. The number of carbonyl (C=O) groups is 3. The van der Waals surface area contributed by atoms with Crippen molar-refractivity contribution in [3.8, 4) is 5.75 Å². The Labute approximate surface area is 245 Å². The van der Waals surface area contributed by atoms with Gasteiger partial charge >= 0.3 is 11.8 Å². The molecular weight excluding hydrogens is 538 g/mol. The van der Waals surface area contributed by atoms with E-state index in [1.807, 2.05) is 58.0 Å². The highest BCUT2D eigenvalue weighted by molar-refractivity contribution is 6.00. The molecule has 0 aliphatic carbocycles. The summed E-state index contributed by atoms with van der Waals surface area (Å²) in [4.78, 5) is 58.2. The van der Waals surface area contributed by atoms with E-state index in [1.54, 1.807) is 35.8 Å². The Morgan fingerprint density at radius 3 is 2.38 bits per heavy atom. The maximum Gasteiger partial charge on any atom is 0.410 e. The van der Waals surface area contributed by atoms with Crippen molar-refractivity contribution in [2.24, 2.45) is 7.05 Å². The van der Waals surface area contributed by atoms with Crippen LogP contribution in [0.4, 0.5) is 10.5 Å². The number of benzene rings is 2. The maximum absolute atomic E-state index is 13.7. The Balaban J connectivity index is 1.43. The van der Waals surface area contributed by atoms with E-state index < -0.39 is 11.6 Å². The molecule has 2 aliphatic heterocycles. The lowest BCUT2D eigenvalue weighted by molar-refractivity contribution is -0.151. The standard InChI is InChI=1S/C31H39N5O6/c1-20-18-33(16-17-34(20)30(40)42-31(2,3)4)23-8-7-9-24-27(23)32(5)29(39)36(24)25-14-15-26(37)35(28(25)38)19-21-10-12-22(41-6)13-11-21/h7-13,20,25H,14-19H2,1-6H3/t20-,25?/m1/s1. The molecule has 2 atom stereocenters. The first-order chi connectivity index (χ1) is 19.9. The molecule has 0 radical (unpaired) electrons. The smallest absolute Gasteiger partial charge is 0.410 e. The van der Waals surface area contributed by atoms with Crippen LogP contribution in [0.1, 0.15) is 52.1 Å². The van der Waals surface area contributed by atoms with E-state index in [9.17, 15) is 19.2 Å². The summed E-state index contributed by atoms with van der Waals surface area (Å²) in [5.41, 5.74) is 2.12. The van der Waals surface area contributed by atoms with Crippen LogP contribution in [0.5, 0.6) is 5.75 Å². The number of imidazole rings is 1. The maximum atomic E-state index is 13.7. The first-order valence-electron chi connectivity index (χ1n) is 14.3. The summed E-state index contributed by atoms with van der Waals surface area (Å²) >= 11 is 0. The third kappa shape index (κ3) is 5.47. The second kappa shape index (κ2) is 11.2. The van der Waals surface area contributed by atoms with Gasteiger partial charge in [0.25, 0.3) is 5.91 Å². The van der Waals surface area contributed by atoms with Gasteiger partial charge in [-0.15, -0.1) is 0 Å². The Bertz CT molecular complexity index is 1570. The average molecular weight is 578 g/mol. The minimum Gasteiger partial charge on any atom is -0.497 e. The molecule has 0 N–H and O–H groups in total. The van der Waals surface area contributed by atoms with Crippen molar-refractivity contribution in [2.45, 2.75) is 64.8 Å². The molecule has 2 aliphatic rings. The summed E-state index contributed by atoms with van der Waals surface area (Å²) in [6, 6.07) is 12.0. The fraction of sp³-hybridized carbons (Fsp3) is 0.484. The van der Waals surface area contributed by atoms with E-state index in [4.69, 9.17) is 9.47 Å². The number of piperazine rings is 1. The number of carbonyl (C=O) groups excluding carboxylic acids is 3. The van der Waals surface area contributed by atoms with Gasteiger partial charge in [-0.25, -0.2) is 9.59 Å². The highest BCUT2D eigenvalue weighted by Gasteiger charge is 2.38. The van der Waals surface area contributed by atoms with Crippen LogP contribution in [-0.2, 0) is 27.9 Å². The number of rotatable bonds is 5. The van der Waals surface area contributed by atoms with Crippen molar-refractivity contribution in [1.29, 1.82) is 0 Å². The molecular formula is C31H39N5O6. The van der Waals surface area contributed by atoms with E-state index in [0.29, 0.717) is 36.4 Å². The van der Waals surface area contributed by atoms with Gasteiger partial charge in [0.2, 0.25) is 5.91 Å². The summed E-state index contributed by atoms with van der Waals surface area (Å²) in [6.07, 6.45) is 0.0844. The van der Waals surface area contributed by atoms with Gasteiger partial charge in [-0.1, -0.05) is 18.2 Å². The average Bonchev–Trinajstić information content (AvgIpc) is 3.20. The van der Waals surface area contributed by atoms with Crippen LogP contribution in [0.2, 0.25) is 0 Å². The number of aromatic nitrogens is 2. The lowest BCUT2D eigenvalue weighted by atomic mass is 10.0. The van der Waals surface area contributed by atoms with E-state index >= 15 is 0 Å². The molecule has 2 saturated heterocycles. The third-order valence-electron chi connectivity index (χ3n) is 7.97. The topological polar surface area (TPSA) is 106 Å². The van der Waals surface area contributed by atoms with Crippen molar-refractivity contribution in [1.82, 2.24) is 18.9 Å². The van der Waals surface area contributed by atoms with Gasteiger partial charge in [-0.05, 0) is 63.9 Å². The van der Waals surface area contributed by atoms with Gasteiger partial charge in [-0.2, -0.15) is 0 Å². The normalized spacial score (nSPS) is 19.9. The predicted octanol–water partition coefficient (Wildman–Crippen LogP) is 3.68. The van der Waals surface area contributed by atoms with E-state index in [2.05, 4.69) is 4.90 Å². The fourth-order valence-corrected chi connectivity index (χ4v) is 5.88. The predicted molar refractivity (Wildman–Crippen MR) is 159 cm³/mol. The molecule has 3 amide bonds. The minimum absolute atomic E-state index is 0.111. The van der Waals surface area contributed by atoms with Gasteiger partial charge in [0.15, 0.2) is 0 Å². The van der Waals surface area contributed by atoms with Crippen molar-refractivity contribution in [2.75, 3.05) is 31.6 Å². The Morgan fingerprint density at radius 2 is 1.74 bits per heavy atom. The molecule has 42 heavy (non-hydrogen) atoms. The quantitative estimate of drug-likeness (QED) is 0.426. The third-order valence-corrected chi connectivity index (χ3v) is 7.97. The summed E-state index contributed by atoms with van der Waals surface area (Å²) in [7, 11) is 3.29. The largest absolute Gasteiger partial charge is 0.497 e. The van der Waals surface area contributed by atoms with Crippen LogP contribution in [-0.4, -0.2) is 75.2 Å². The SMILES string of the molecule is COc1ccc(CN2C(=O)CCC(n3c(=O)n(C)c4c(N5CCN(C(=O)OC(C)(C)C)[C@H](C)C5)cccc43)C2=O)cc1. The number of hydrogen-bond donors (Lipinski definition) is 0. The lowest BCUT2D eigenvalue weighted by Crippen LogP contribution is -2.55. The van der Waals surface area contributed by atoms with E-state index in [1.165, 1.54) is 9.47 Å². The number of nitrogens with zero attached hydrogens (tertiary/aromatic N) is 5. The number of piperidine rings is 1. The van der Waals surface area contributed by atoms with Crippen molar-refractivity contribution in [3.05, 3.63) is 58.5 Å². The molecule has 2 aromatic carbocycles. The zero-order valence-electron chi connectivity index (χ0n) is 25.1. The second-order valence-electron chi connectivity index (χ2n) is 12.0. The zero-order valence-corrected chi connectivity index (χ0v) is 25.1. The molecule has 3 heterocycles. The van der Waals surface area contributed by atoms with Gasteiger partial charge in [0.05, 0.1) is 30.4 Å². The molecule has 3 aromatic rings. The lowest BCUT2D eigenvalue weighted by Gasteiger charge is -2.41. The van der Waals surface area contributed by atoms with Crippen molar-refractivity contribution in [3.63, 3.8) is 0 Å². The van der Waals surface area contributed by atoms with Crippen LogP contribution >= 0.6 is 0 Å². The zero-order chi connectivity index (χ0) is 30.3. The van der Waals surface area contributed by atoms with Crippen LogP contribution in [0.25, 0.3) is 11.0 Å². The summed E-state index contributed by atoms with van der Waals surface area (Å²) in [6.45, 7) is 9.26.